The molecule has 4 nitrogen and oxygen atoms in total. The molecule has 23 heavy (non-hydrogen) atoms. The van der Waals surface area contributed by atoms with Crippen molar-refractivity contribution in [2.45, 2.75) is 32.6 Å². The van der Waals surface area contributed by atoms with Crippen molar-refractivity contribution in [3.05, 3.63) is 36.0 Å². The monoisotopic (exact) mass is 426 g/mol. The van der Waals surface area contributed by atoms with Crippen LogP contribution in [0.4, 0.5) is 0 Å². The van der Waals surface area contributed by atoms with Crippen LogP contribution in [0.15, 0.2) is 35.5 Å². The van der Waals surface area contributed by atoms with Crippen molar-refractivity contribution < 1.29 is 0 Å². The summed E-state index contributed by atoms with van der Waals surface area (Å²) in [5, 5.41) is 4.76. The maximum atomic E-state index is 4.80. The van der Waals surface area contributed by atoms with E-state index in [2.05, 4.69) is 52.6 Å². The smallest absolute Gasteiger partial charge is 0.193 e. The maximum absolute atomic E-state index is 4.80. The van der Waals surface area contributed by atoms with E-state index in [9.17, 15) is 0 Å². The molecular formula is C18H27IN4. The predicted octanol–water partition coefficient (Wildman–Crippen LogP) is 3.78. The number of nitrogens with one attached hydrogen (secondary N) is 2. The third kappa shape index (κ3) is 4.62. The number of rotatable bonds is 5. The van der Waals surface area contributed by atoms with Crippen LogP contribution < -0.4 is 5.32 Å². The van der Waals surface area contributed by atoms with Crippen LogP contribution in [0.5, 0.6) is 0 Å². The summed E-state index contributed by atoms with van der Waals surface area (Å²) >= 11 is 0. The van der Waals surface area contributed by atoms with Crippen LogP contribution >= 0.6 is 24.0 Å². The first-order valence-electron chi connectivity index (χ1n) is 8.46. The fourth-order valence-corrected chi connectivity index (χ4v) is 3.15. The number of aromatic amines is 1. The number of aliphatic imine (C=N–C) groups is 1. The Labute approximate surface area is 155 Å². The minimum absolute atomic E-state index is 0. The minimum atomic E-state index is 0. The van der Waals surface area contributed by atoms with Gasteiger partial charge in [0.2, 0.25) is 0 Å². The highest BCUT2D eigenvalue weighted by atomic mass is 127. The molecule has 0 saturated carbocycles. The summed E-state index contributed by atoms with van der Waals surface area (Å²) in [4.78, 5) is 10.5. The fourth-order valence-electron chi connectivity index (χ4n) is 3.15. The van der Waals surface area contributed by atoms with Crippen molar-refractivity contribution in [1.82, 2.24) is 15.2 Å². The Morgan fingerprint density at radius 3 is 2.83 bits per heavy atom. The van der Waals surface area contributed by atoms with E-state index in [4.69, 9.17) is 4.99 Å². The summed E-state index contributed by atoms with van der Waals surface area (Å²) in [5.41, 5.74) is 2.63. The number of aryl methyl sites for hydroxylation is 1. The third-order valence-electron chi connectivity index (χ3n) is 4.28. The Bertz CT molecular complexity index is 629. The van der Waals surface area contributed by atoms with Crippen LogP contribution in [0.1, 0.15) is 31.7 Å². The van der Waals surface area contributed by atoms with Gasteiger partial charge in [0.15, 0.2) is 5.96 Å². The average Bonchev–Trinajstić information content (AvgIpc) is 3.20. The Morgan fingerprint density at radius 2 is 2.04 bits per heavy atom. The zero-order valence-corrected chi connectivity index (χ0v) is 16.2. The number of hydrogen-bond acceptors (Lipinski definition) is 1. The number of benzene rings is 1. The van der Waals surface area contributed by atoms with Crippen LogP contribution in [0.25, 0.3) is 10.9 Å². The van der Waals surface area contributed by atoms with Gasteiger partial charge in [0.25, 0.3) is 0 Å². The van der Waals surface area contributed by atoms with E-state index >= 15 is 0 Å². The summed E-state index contributed by atoms with van der Waals surface area (Å²) < 4.78 is 0. The summed E-state index contributed by atoms with van der Waals surface area (Å²) in [6, 6.07) is 8.51. The van der Waals surface area contributed by atoms with E-state index in [0.717, 1.165) is 45.0 Å². The molecule has 1 aromatic carbocycles. The Balaban J connectivity index is 0.00000192. The van der Waals surface area contributed by atoms with Crippen molar-refractivity contribution in [2.75, 3.05) is 26.2 Å². The quantitative estimate of drug-likeness (QED) is 0.331. The molecule has 0 spiro atoms. The van der Waals surface area contributed by atoms with Gasteiger partial charge in [-0.3, -0.25) is 4.99 Å². The van der Waals surface area contributed by atoms with Crippen molar-refractivity contribution in [1.29, 1.82) is 0 Å². The number of hydrogen-bond donors (Lipinski definition) is 2. The molecule has 0 radical (unpaired) electrons. The molecule has 2 N–H and O–H groups in total. The average molecular weight is 426 g/mol. The third-order valence-corrected chi connectivity index (χ3v) is 4.28. The van der Waals surface area contributed by atoms with E-state index in [1.54, 1.807) is 0 Å². The topological polar surface area (TPSA) is 43.4 Å². The second-order valence-corrected chi connectivity index (χ2v) is 5.89. The van der Waals surface area contributed by atoms with E-state index in [0.29, 0.717) is 0 Å². The predicted molar refractivity (Wildman–Crippen MR) is 109 cm³/mol. The molecule has 0 aliphatic carbocycles. The standard InChI is InChI=1S/C18H26N4.HI/c1-2-19-18(22-12-5-6-13-22)20-11-7-8-15-14-21-17-10-4-3-9-16(15)17;/h3-4,9-10,14,21H,2,5-8,11-13H2,1H3,(H,19,20);1H. The van der Waals surface area contributed by atoms with Crippen LogP contribution in [-0.4, -0.2) is 42.0 Å². The molecule has 2 aromatic rings. The van der Waals surface area contributed by atoms with Crippen molar-refractivity contribution in [2.24, 2.45) is 4.99 Å². The van der Waals surface area contributed by atoms with Crippen LogP contribution in [0.2, 0.25) is 0 Å². The molecule has 0 atom stereocenters. The molecule has 1 aromatic heterocycles. The Morgan fingerprint density at radius 1 is 1.26 bits per heavy atom. The SMILES string of the molecule is CCNC(=NCCCc1c[nH]c2ccccc12)N1CCCC1.I. The fraction of sp³-hybridized carbons (Fsp3) is 0.500. The number of guanidine groups is 1. The second-order valence-electron chi connectivity index (χ2n) is 5.89. The lowest BCUT2D eigenvalue weighted by Crippen LogP contribution is -2.39. The summed E-state index contributed by atoms with van der Waals surface area (Å²) in [6.45, 7) is 6.26. The molecule has 126 valence electrons. The van der Waals surface area contributed by atoms with Crippen LogP contribution in [0.3, 0.4) is 0 Å². The molecule has 2 heterocycles. The highest BCUT2D eigenvalue weighted by molar-refractivity contribution is 14.0. The number of nitrogens with zero attached hydrogens (tertiary/aromatic N) is 2. The van der Waals surface area contributed by atoms with Crippen molar-refractivity contribution >= 4 is 40.8 Å². The number of H-pyrrole nitrogens is 1. The number of likely N-dealkylation sites (tertiary alicyclic amines) is 1. The summed E-state index contributed by atoms with van der Waals surface area (Å²) in [6.07, 6.45) is 6.89. The van der Waals surface area contributed by atoms with Gasteiger partial charge in [-0.15, -0.1) is 24.0 Å². The van der Waals surface area contributed by atoms with Gasteiger partial charge in [0.05, 0.1) is 0 Å². The Kier molecular flexibility index (Phi) is 7.20. The molecule has 0 unspecified atom stereocenters. The lowest BCUT2D eigenvalue weighted by Gasteiger charge is -2.20. The number of halogens is 1. The molecule has 1 aliphatic rings. The van der Waals surface area contributed by atoms with Gasteiger partial charge < -0.3 is 15.2 Å². The van der Waals surface area contributed by atoms with Gasteiger partial charge >= 0.3 is 0 Å². The van der Waals surface area contributed by atoms with E-state index in [1.165, 1.54) is 29.3 Å². The largest absolute Gasteiger partial charge is 0.361 e. The zero-order chi connectivity index (χ0) is 15.2. The maximum Gasteiger partial charge on any atom is 0.193 e. The van der Waals surface area contributed by atoms with E-state index < -0.39 is 0 Å². The molecule has 0 bridgehead atoms. The lowest BCUT2D eigenvalue weighted by atomic mass is 10.1. The van der Waals surface area contributed by atoms with Gasteiger partial charge in [-0.2, -0.15) is 0 Å². The highest BCUT2D eigenvalue weighted by Crippen LogP contribution is 2.18. The van der Waals surface area contributed by atoms with E-state index in [1.807, 2.05) is 0 Å². The highest BCUT2D eigenvalue weighted by Gasteiger charge is 2.15. The number of para-hydroxylation sites is 1. The molecule has 1 aliphatic heterocycles. The van der Waals surface area contributed by atoms with Crippen LogP contribution in [-0.2, 0) is 6.42 Å². The molecular weight excluding hydrogens is 399 g/mol. The molecule has 5 heteroatoms. The van der Waals surface area contributed by atoms with Gasteiger partial charge in [0, 0.05) is 43.3 Å². The molecule has 3 rings (SSSR count). The Hall–Kier alpha value is -1.24. The van der Waals surface area contributed by atoms with Gasteiger partial charge in [0.1, 0.15) is 0 Å². The first-order valence-corrected chi connectivity index (χ1v) is 8.46. The summed E-state index contributed by atoms with van der Waals surface area (Å²) in [5.74, 6) is 1.10. The second kappa shape index (κ2) is 9.15. The summed E-state index contributed by atoms with van der Waals surface area (Å²) in [7, 11) is 0. The van der Waals surface area contributed by atoms with Crippen molar-refractivity contribution in [3.8, 4) is 0 Å². The molecule has 1 saturated heterocycles. The van der Waals surface area contributed by atoms with Gasteiger partial charge in [-0.25, -0.2) is 0 Å². The van der Waals surface area contributed by atoms with Gasteiger partial charge in [-0.05, 0) is 44.2 Å². The first kappa shape index (κ1) is 18.1. The first-order chi connectivity index (χ1) is 10.9. The zero-order valence-electron chi connectivity index (χ0n) is 13.8. The number of aromatic nitrogens is 1. The number of fused-ring (bicyclic) bond motifs is 1. The molecule has 1 fully saturated rings. The molecule has 0 amide bonds. The van der Waals surface area contributed by atoms with Crippen LogP contribution in [0, 0.1) is 0 Å². The lowest BCUT2D eigenvalue weighted by molar-refractivity contribution is 0.493. The van der Waals surface area contributed by atoms with E-state index in [-0.39, 0.29) is 24.0 Å². The normalized spacial score (nSPS) is 15.0. The van der Waals surface area contributed by atoms with Gasteiger partial charge in [-0.1, -0.05) is 18.2 Å². The van der Waals surface area contributed by atoms with Crippen molar-refractivity contribution in [3.63, 3.8) is 0 Å². The minimum Gasteiger partial charge on any atom is -0.361 e.